The quantitative estimate of drug-likeness (QED) is 0.533. The fraction of sp³-hybridized carbons (Fsp3) is 0.125. The van der Waals surface area contributed by atoms with Gasteiger partial charge in [-0.2, -0.15) is 0 Å². The summed E-state index contributed by atoms with van der Waals surface area (Å²) in [7, 11) is 0. The lowest BCUT2D eigenvalue weighted by Gasteiger charge is -1.90. The number of aromatic amines is 1. The average Bonchev–Trinajstić information content (AvgIpc) is 2.46. The van der Waals surface area contributed by atoms with E-state index in [1.807, 2.05) is 6.92 Å². The molecular formula is C8H7N3O2. The molecule has 0 aliphatic carbocycles. The van der Waals surface area contributed by atoms with Crippen LogP contribution in [0.25, 0.3) is 11.0 Å². The summed E-state index contributed by atoms with van der Waals surface area (Å²) in [6.45, 7) is 1.84. The summed E-state index contributed by atoms with van der Waals surface area (Å²) in [4.78, 5) is 17.0. The molecule has 1 N–H and O–H groups in total. The fourth-order valence-electron chi connectivity index (χ4n) is 1.24. The van der Waals surface area contributed by atoms with Crippen LogP contribution in [-0.2, 0) is 0 Å². The number of rotatable bonds is 1. The van der Waals surface area contributed by atoms with Gasteiger partial charge in [0.05, 0.1) is 16.5 Å². The van der Waals surface area contributed by atoms with Gasteiger partial charge in [0.15, 0.2) is 0 Å². The Kier molecular flexibility index (Phi) is 1.51. The first-order valence-corrected chi connectivity index (χ1v) is 3.77. The molecule has 66 valence electrons. The standard InChI is InChI=1S/C8H7N3O2/c1-5-2-3-6-7(11(12)13)4-9-8(6)10-5/h2-4H,1H3,(H,9,10). The van der Waals surface area contributed by atoms with E-state index in [1.54, 1.807) is 12.1 Å². The van der Waals surface area contributed by atoms with Gasteiger partial charge in [0.2, 0.25) is 0 Å². The minimum absolute atomic E-state index is 0.0718. The molecule has 0 radical (unpaired) electrons. The predicted octanol–water partition coefficient (Wildman–Crippen LogP) is 1.78. The van der Waals surface area contributed by atoms with Crippen LogP contribution in [0.4, 0.5) is 5.69 Å². The summed E-state index contributed by atoms with van der Waals surface area (Å²) in [6, 6.07) is 3.45. The van der Waals surface area contributed by atoms with E-state index in [4.69, 9.17) is 0 Å². The molecule has 0 aromatic carbocycles. The molecule has 5 nitrogen and oxygen atoms in total. The van der Waals surface area contributed by atoms with Crippen molar-refractivity contribution in [3.05, 3.63) is 34.1 Å². The predicted molar refractivity (Wildman–Crippen MR) is 47.5 cm³/mol. The topological polar surface area (TPSA) is 71.8 Å². The van der Waals surface area contributed by atoms with Gasteiger partial charge in [0.25, 0.3) is 5.69 Å². The first-order valence-electron chi connectivity index (χ1n) is 3.77. The van der Waals surface area contributed by atoms with Crippen molar-refractivity contribution in [3.8, 4) is 0 Å². The molecule has 2 aromatic rings. The molecule has 0 amide bonds. The molecule has 13 heavy (non-hydrogen) atoms. The third-order valence-electron chi connectivity index (χ3n) is 1.85. The van der Waals surface area contributed by atoms with Crippen molar-refractivity contribution in [2.45, 2.75) is 6.92 Å². The number of aryl methyl sites for hydroxylation is 1. The van der Waals surface area contributed by atoms with Gasteiger partial charge in [-0.15, -0.1) is 0 Å². The van der Waals surface area contributed by atoms with Gasteiger partial charge < -0.3 is 4.98 Å². The van der Waals surface area contributed by atoms with Gasteiger partial charge in [-0.25, -0.2) is 4.98 Å². The van der Waals surface area contributed by atoms with Crippen molar-refractivity contribution < 1.29 is 4.92 Å². The molecule has 0 fully saturated rings. The van der Waals surface area contributed by atoms with Crippen LogP contribution >= 0.6 is 0 Å². The van der Waals surface area contributed by atoms with Crippen LogP contribution in [0.2, 0.25) is 0 Å². The largest absolute Gasteiger partial charge is 0.340 e. The van der Waals surface area contributed by atoms with Crippen LogP contribution in [0.1, 0.15) is 5.69 Å². The highest BCUT2D eigenvalue weighted by Gasteiger charge is 2.13. The Labute approximate surface area is 73.6 Å². The van der Waals surface area contributed by atoms with E-state index in [0.717, 1.165) is 5.69 Å². The zero-order valence-electron chi connectivity index (χ0n) is 6.94. The normalized spacial score (nSPS) is 10.5. The molecule has 2 rings (SSSR count). The van der Waals surface area contributed by atoms with Crippen LogP contribution in [0.5, 0.6) is 0 Å². The molecule has 0 unspecified atom stereocenters. The highest BCUT2D eigenvalue weighted by molar-refractivity contribution is 5.85. The summed E-state index contributed by atoms with van der Waals surface area (Å²) in [5, 5.41) is 11.1. The minimum atomic E-state index is -0.421. The number of hydrogen-bond acceptors (Lipinski definition) is 3. The Morgan fingerprint density at radius 3 is 3.00 bits per heavy atom. The molecule has 0 spiro atoms. The monoisotopic (exact) mass is 177 g/mol. The number of nitro groups is 1. The van der Waals surface area contributed by atoms with Crippen LogP contribution in [-0.4, -0.2) is 14.9 Å². The van der Waals surface area contributed by atoms with Crippen molar-refractivity contribution in [3.63, 3.8) is 0 Å². The third kappa shape index (κ3) is 1.14. The van der Waals surface area contributed by atoms with E-state index in [9.17, 15) is 10.1 Å². The smallest absolute Gasteiger partial charge is 0.296 e. The number of nitrogens with one attached hydrogen (secondary N) is 1. The van der Waals surface area contributed by atoms with Crippen molar-refractivity contribution in [1.82, 2.24) is 9.97 Å². The lowest BCUT2D eigenvalue weighted by molar-refractivity contribution is -0.383. The van der Waals surface area contributed by atoms with Gasteiger partial charge in [-0.3, -0.25) is 10.1 Å². The van der Waals surface area contributed by atoms with Crippen LogP contribution in [0, 0.1) is 17.0 Å². The van der Waals surface area contributed by atoms with Crippen molar-refractivity contribution >= 4 is 16.7 Å². The Hall–Kier alpha value is -1.91. The van der Waals surface area contributed by atoms with Crippen LogP contribution in [0.3, 0.4) is 0 Å². The van der Waals surface area contributed by atoms with Gasteiger partial charge in [0, 0.05) is 5.69 Å². The third-order valence-corrected chi connectivity index (χ3v) is 1.85. The Morgan fingerprint density at radius 1 is 1.54 bits per heavy atom. The number of H-pyrrole nitrogens is 1. The summed E-state index contributed by atoms with van der Waals surface area (Å²) in [6.07, 6.45) is 1.36. The number of hydrogen-bond donors (Lipinski definition) is 1. The number of aromatic nitrogens is 2. The molecule has 0 saturated heterocycles. The van der Waals surface area contributed by atoms with Crippen LogP contribution in [0.15, 0.2) is 18.3 Å². The summed E-state index contributed by atoms with van der Waals surface area (Å²) in [5.41, 5.74) is 1.47. The highest BCUT2D eigenvalue weighted by atomic mass is 16.6. The highest BCUT2D eigenvalue weighted by Crippen LogP contribution is 2.23. The molecule has 2 heterocycles. The zero-order valence-corrected chi connectivity index (χ0v) is 6.94. The lowest BCUT2D eigenvalue weighted by atomic mass is 10.3. The maximum absolute atomic E-state index is 10.5. The first kappa shape index (κ1) is 7.72. The SMILES string of the molecule is Cc1ccc2c([N+](=O)[O-])c[nH]c2n1. The van der Waals surface area contributed by atoms with E-state index in [1.165, 1.54) is 6.20 Å². The van der Waals surface area contributed by atoms with E-state index >= 15 is 0 Å². The fourth-order valence-corrected chi connectivity index (χ4v) is 1.24. The summed E-state index contributed by atoms with van der Waals surface area (Å²) < 4.78 is 0. The second-order valence-electron chi connectivity index (χ2n) is 2.78. The molecule has 2 aromatic heterocycles. The van der Waals surface area contributed by atoms with E-state index < -0.39 is 4.92 Å². The zero-order chi connectivity index (χ0) is 9.42. The van der Waals surface area contributed by atoms with Gasteiger partial charge in [-0.1, -0.05) is 0 Å². The van der Waals surface area contributed by atoms with E-state index in [-0.39, 0.29) is 5.69 Å². The number of fused-ring (bicyclic) bond motifs is 1. The Morgan fingerprint density at radius 2 is 2.31 bits per heavy atom. The summed E-state index contributed by atoms with van der Waals surface area (Å²) >= 11 is 0. The van der Waals surface area contributed by atoms with E-state index in [2.05, 4.69) is 9.97 Å². The minimum Gasteiger partial charge on any atom is -0.340 e. The molecular weight excluding hydrogens is 170 g/mol. The van der Waals surface area contributed by atoms with Gasteiger partial charge >= 0.3 is 0 Å². The number of nitrogens with zero attached hydrogens (tertiary/aromatic N) is 2. The van der Waals surface area contributed by atoms with Crippen LogP contribution < -0.4 is 0 Å². The van der Waals surface area contributed by atoms with Gasteiger partial charge in [-0.05, 0) is 19.1 Å². The average molecular weight is 177 g/mol. The van der Waals surface area contributed by atoms with E-state index in [0.29, 0.717) is 11.0 Å². The van der Waals surface area contributed by atoms with Crippen molar-refractivity contribution in [1.29, 1.82) is 0 Å². The molecule has 5 heteroatoms. The molecule has 0 atom stereocenters. The maximum atomic E-state index is 10.5. The van der Waals surface area contributed by atoms with Gasteiger partial charge in [0.1, 0.15) is 5.65 Å². The molecule has 0 aliphatic heterocycles. The summed E-state index contributed by atoms with van der Waals surface area (Å²) in [5.74, 6) is 0. The molecule has 0 bridgehead atoms. The Balaban J connectivity index is 2.76. The maximum Gasteiger partial charge on any atom is 0.296 e. The first-order chi connectivity index (χ1) is 6.18. The lowest BCUT2D eigenvalue weighted by Crippen LogP contribution is -1.86. The number of pyridine rings is 1. The van der Waals surface area contributed by atoms with Crippen molar-refractivity contribution in [2.75, 3.05) is 0 Å². The molecule has 0 saturated carbocycles. The second kappa shape index (κ2) is 2.55. The Bertz CT molecular complexity index is 475. The molecule has 0 aliphatic rings. The second-order valence-corrected chi connectivity index (χ2v) is 2.78. The van der Waals surface area contributed by atoms with Crippen molar-refractivity contribution in [2.24, 2.45) is 0 Å².